The van der Waals surface area contributed by atoms with Crippen LogP contribution in [-0.2, 0) is 9.59 Å². The van der Waals surface area contributed by atoms with Crippen LogP contribution in [0.5, 0.6) is 0 Å². The van der Waals surface area contributed by atoms with Crippen molar-refractivity contribution < 1.29 is 24.9 Å². The Hall–Kier alpha value is -1.14. The summed E-state index contributed by atoms with van der Waals surface area (Å²) in [7, 11) is 0. The van der Waals surface area contributed by atoms with Crippen LogP contribution in [0.25, 0.3) is 0 Å². The van der Waals surface area contributed by atoms with Crippen LogP contribution in [0.4, 0.5) is 0 Å². The molecular formula is C6H9NO5. The molecule has 68 valence electrons. The molecule has 1 saturated heterocycles. The van der Waals surface area contributed by atoms with Crippen molar-refractivity contribution in [2.75, 3.05) is 6.54 Å². The van der Waals surface area contributed by atoms with E-state index in [9.17, 15) is 9.59 Å². The molecule has 1 unspecified atom stereocenters. The van der Waals surface area contributed by atoms with Gasteiger partial charge in [-0.25, -0.2) is 9.59 Å². The first-order chi connectivity index (χ1) is 5.49. The van der Waals surface area contributed by atoms with Gasteiger partial charge in [0.05, 0.1) is 6.10 Å². The van der Waals surface area contributed by atoms with Crippen LogP contribution in [0.3, 0.4) is 0 Å². The van der Waals surface area contributed by atoms with Gasteiger partial charge in [0.15, 0.2) is 0 Å². The van der Waals surface area contributed by atoms with Gasteiger partial charge in [0.2, 0.25) is 5.54 Å². The normalized spacial score (nSPS) is 26.9. The fourth-order valence-electron chi connectivity index (χ4n) is 1.21. The Morgan fingerprint density at radius 3 is 2.00 bits per heavy atom. The molecule has 0 saturated carbocycles. The van der Waals surface area contributed by atoms with Crippen molar-refractivity contribution in [2.45, 2.75) is 18.1 Å². The SMILES string of the molecule is O=C(O)C1(C(=O)O)CC(O)CN1. The predicted molar refractivity (Wildman–Crippen MR) is 36.6 cm³/mol. The maximum atomic E-state index is 10.6. The van der Waals surface area contributed by atoms with Crippen LogP contribution in [0, 0.1) is 0 Å². The summed E-state index contributed by atoms with van der Waals surface area (Å²) in [5.41, 5.74) is -2.00. The molecule has 0 amide bonds. The van der Waals surface area contributed by atoms with Crippen molar-refractivity contribution >= 4 is 11.9 Å². The summed E-state index contributed by atoms with van der Waals surface area (Å²) in [6, 6.07) is 0. The number of hydrogen-bond donors (Lipinski definition) is 4. The zero-order valence-corrected chi connectivity index (χ0v) is 6.15. The third-order valence-corrected chi connectivity index (χ3v) is 1.91. The molecule has 0 aliphatic carbocycles. The second-order valence-corrected chi connectivity index (χ2v) is 2.75. The molecule has 1 rings (SSSR count). The van der Waals surface area contributed by atoms with Gasteiger partial charge in [-0.2, -0.15) is 0 Å². The Morgan fingerprint density at radius 2 is 1.83 bits per heavy atom. The third kappa shape index (κ3) is 1.15. The minimum absolute atomic E-state index is 0.00139. The smallest absolute Gasteiger partial charge is 0.335 e. The zero-order valence-electron chi connectivity index (χ0n) is 6.15. The Labute approximate surface area is 67.8 Å². The summed E-state index contributed by atoms with van der Waals surface area (Å²) in [4.78, 5) is 21.1. The van der Waals surface area contributed by atoms with Crippen molar-refractivity contribution in [1.82, 2.24) is 5.32 Å². The first-order valence-corrected chi connectivity index (χ1v) is 3.39. The van der Waals surface area contributed by atoms with E-state index in [1.165, 1.54) is 0 Å². The van der Waals surface area contributed by atoms with E-state index < -0.39 is 23.6 Å². The fraction of sp³-hybridized carbons (Fsp3) is 0.667. The molecule has 1 fully saturated rings. The van der Waals surface area contributed by atoms with Crippen molar-refractivity contribution in [3.63, 3.8) is 0 Å². The number of rotatable bonds is 2. The molecule has 1 aliphatic rings. The molecule has 1 atom stereocenters. The quantitative estimate of drug-likeness (QED) is 0.371. The fourth-order valence-corrected chi connectivity index (χ4v) is 1.21. The molecule has 0 radical (unpaired) electrons. The highest BCUT2D eigenvalue weighted by atomic mass is 16.4. The van der Waals surface area contributed by atoms with Crippen LogP contribution in [0.1, 0.15) is 6.42 Å². The summed E-state index contributed by atoms with van der Waals surface area (Å²) in [6.45, 7) is -0.00139. The van der Waals surface area contributed by atoms with E-state index in [1.807, 2.05) is 0 Å². The van der Waals surface area contributed by atoms with Gasteiger partial charge in [0.25, 0.3) is 0 Å². The summed E-state index contributed by atoms with van der Waals surface area (Å²) < 4.78 is 0. The Kier molecular flexibility index (Phi) is 2.03. The molecule has 0 spiro atoms. The van der Waals surface area contributed by atoms with Gasteiger partial charge < -0.3 is 15.3 Å². The lowest BCUT2D eigenvalue weighted by Crippen LogP contribution is -2.54. The van der Waals surface area contributed by atoms with Crippen LogP contribution in [0.15, 0.2) is 0 Å². The average molecular weight is 175 g/mol. The maximum Gasteiger partial charge on any atom is 0.335 e. The molecule has 1 heterocycles. The van der Waals surface area contributed by atoms with E-state index in [-0.39, 0.29) is 13.0 Å². The number of aliphatic hydroxyl groups is 1. The molecule has 12 heavy (non-hydrogen) atoms. The minimum Gasteiger partial charge on any atom is -0.479 e. The summed E-state index contributed by atoms with van der Waals surface area (Å²) in [5.74, 6) is -2.93. The molecule has 6 heteroatoms. The van der Waals surface area contributed by atoms with E-state index in [0.29, 0.717) is 0 Å². The largest absolute Gasteiger partial charge is 0.479 e. The van der Waals surface area contributed by atoms with E-state index in [2.05, 4.69) is 5.32 Å². The number of hydrogen-bond acceptors (Lipinski definition) is 4. The summed E-state index contributed by atoms with van der Waals surface area (Å²) >= 11 is 0. The number of aliphatic carboxylic acids is 2. The van der Waals surface area contributed by atoms with Crippen LogP contribution < -0.4 is 5.32 Å². The highest BCUT2D eigenvalue weighted by molar-refractivity contribution is 6.03. The molecule has 0 aromatic heterocycles. The van der Waals surface area contributed by atoms with Gasteiger partial charge in [-0.05, 0) is 0 Å². The second kappa shape index (κ2) is 2.72. The Balaban J connectivity index is 2.89. The highest BCUT2D eigenvalue weighted by Crippen LogP contribution is 2.20. The van der Waals surface area contributed by atoms with E-state index in [0.717, 1.165) is 0 Å². The van der Waals surface area contributed by atoms with Gasteiger partial charge >= 0.3 is 11.9 Å². The number of aliphatic hydroxyl groups excluding tert-OH is 1. The molecule has 0 aromatic carbocycles. The lowest BCUT2D eigenvalue weighted by atomic mass is 9.97. The van der Waals surface area contributed by atoms with Crippen LogP contribution >= 0.6 is 0 Å². The molecule has 0 aromatic rings. The van der Waals surface area contributed by atoms with Gasteiger partial charge in [-0.1, -0.05) is 0 Å². The third-order valence-electron chi connectivity index (χ3n) is 1.91. The number of carboxylic acid groups (broad SMARTS) is 2. The van der Waals surface area contributed by atoms with Gasteiger partial charge in [0, 0.05) is 13.0 Å². The second-order valence-electron chi connectivity index (χ2n) is 2.75. The van der Waals surface area contributed by atoms with E-state index in [4.69, 9.17) is 15.3 Å². The number of carbonyl (C=O) groups is 2. The maximum absolute atomic E-state index is 10.6. The summed E-state index contributed by atoms with van der Waals surface area (Å²) in [5, 5.41) is 28.4. The van der Waals surface area contributed by atoms with Crippen LogP contribution in [0.2, 0.25) is 0 Å². The van der Waals surface area contributed by atoms with Crippen molar-refractivity contribution in [3.8, 4) is 0 Å². The molecule has 6 nitrogen and oxygen atoms in total. The molecule has 4 N–H and O–H groups in total. The number of carboxylic acids is 2. The Morgan fingerprint density at radius 1 is 1.33 bits per heavy atom. The monoisotopic (exact) mass is 175 g/mol. The van der Waals surface area contributed by atoms with Gasteiger partial charge in [-0.3, -0.25) is 5.32 Å². The predicted octanol–water partition coefficient (Wildman–Crippen LogP) is -1.75. The van der Waals surface area contributed by atoms with E-state index in [1.54, 1.807) is 0 Å². The first kappa shape index (κ1) is 8.95. The molecule has 1 aliphatic heterocycles. The standard InChI is InChI=1S/C6H9NO5/c8-3-1-6(4(9)10,5(11)12)7-2-3/h3,7-8H,1-2H2,(H,9,10)(H,11,12). The Bertz CT molecular complexity index is 212. The van der Waals surface area contributed by atoms with Crippen molar-refractivity contribution in [2.24, 2.45) is 0 Å². The van der Waals surface area contributed by atoms with Gasteiger partial charge in [0.1, 0.15) is 0 Å². The summed E-state index contributed by atoms with van der Waals surface area (Å²) in [6.07, 6.45) is -1.20. The average Bonchev–Trinajstić information content (AvgIpc) is 2.32. The van der Waals surface area contributed by atoms with E-state index >= 15 is 0 Å². The van der Waals surface area contributed by atoms with Gasteiger partial charge in [-0.15, -0.1) is 0 Å². The van der Waals surface area contributed by atoms with Crippen molar-refractivity contribution in [1.29, 1.82) is 0 Å². The zero-order chi connectivity index (χ0) is 9.35. The highest BCUT2D eigenvalue weighted by Gasteiger charge is 2.51. The lowest BCUT2D eigenvalue weighted by molar-refractivity contribution is -0.158. The molecule has 0 bridgehead atoms. The van der Waals surface area contributed by atoms with Crippen molar-refractivity contribution in [3.05, 3.63) is 0 Å². The minimum atomic E-state index is -2.00. The first-order valence-electron chi connectivity index (χ1n) is 3.39. The number of nitrogens with one attached hydrogen (secondary N) is 1. The number of β-amino-alcohol motifs (C(OH)–C–C–N with tert-alkyl or cyclic N) is 1. The topological polar surface area (TPSA) is 107 Å². The lowest BCUT2D eigenvalue weighted by Gasteiger charge is -2.17. The van der Waals surface area contributed by atoms with Crippen LogP contribution in [-0.4, -0.2) is 45.4 Å². The molecular weight excluding hydrogens is 166 g/mol.